The molecule has 1 aliphatic heterocycles. The van der Waals surface area contributed by atoms with Crippen LogP contribution in [0, 0.1) is 0 Å². The van der Waals surface area contributed by atoms with E-state index in [0.29, 0.717) is 5.75 Å². The lowest BCUT2D eigenvalue weighted by Crippen LogP contribution is -2.62. The third-order valence-electron chi connectivity index (χ3n) is 4.84. The number of benzene rings is 2. The van der Waals surface area contributed by atoms with Crippen LogP contribution in [-0.4, -0.2) is 29.6 Å². The molecular formula is C23H31N3O2. The van der Waals surface area contributed by atoms with Crippen LogP contribution in [0.5, 0.6) is 5.75 Å². The molecule has 0 aromatic heterocycles. The number of rotatable bonds is 6. The Bertz CT molecular complexity index is 769. The van der Waals surface area contributed by atoms with Crippen LogP contribution in [0.25, 0.3) is 0 Å². The van der Waals surface area contributed by atoms with Gasteiger partial charge in [-0.3, -0.25) is 4.79 Å². The van der Waals surface area contributed by atoms with Gasteiger partial charge in [0.1, 0.15) is 5.75 Å². The van der Waals surface area contributed by atoms with E-state index in [9.17, 15) is 4.79 Å². The molecule has 0 radical (unpaired) electrons. The van der Waals surface area contributed by atoms with Gasteiger partial charge in [-0.2, -0.15) is 0 Å². The molecule has 0 bridgehead atoms. The fourth-order valence-electron chi connectivity index (χ4n) is 4.17. The molecular weight excluding hydrogens is 350 g/mol. The molecule has 0 aliphatic carbocycles. The first-order valence-electron chi connectivity index (χ1n) is 9.84. The number of ether oxygens (including phenoxy) is 1. The molecule has 1 amide bonds. The summed E-state index contributed by atoms with van der Waals surface area (Å²) in [6.45, 7) is 8.72. The highest BCUT2D eigenvalue weighted by molar-refractivity contribution is 5.78. The molecule has 1 heterocycles. The van der Waals surface area contributed by atoms with Crippen molar-refractivity contribution in [1.82, 2.24) is 10.6 Å². The predicted octanol–water partition coefficient (Wildman–Crippen LogP) is 4.23. The Kier molecular flexibility index (Phi) is 5.94. The maximum atomic E-state index is 12.3. The minimum absolute atomic E-state index is 0.00212. The number of piperidine rings is 1. The summed E-state index contributed by atoms with van der Waals surface area (Å²) in [6, 6.07) is 17.8. The second-order valence-corrected chi connectivity index (χ2v) is 8.87. The molecule has 28 heavy (non-hydrogen) atoms. The monoisotopic (exact) mass is 381 g/mol. The Labute approximate surface area is 167 Å². The smallest absolute Gasteiger partial charge is 0.258 e. The van der Waals surface area contributed by atoms with Crippen molar-refractivity contribution >= 4 is 17.3 Å². The van der Waals surface area contributed by atoms with Gasteiger partial charge < -0.3 is 20.7 Å². The van der Waals surface area contributed by atoms with E-state index < -0.39 is 0 Å². The van der Waals surface area contributed by atoms with Crippen molar-refractivity contribution in [2.45, 2.75) is 57.7 Å². The van der Waals surface area contributed by atoms with Gasteiger partial charge in [-0.15, -0.1) is 0 Å². The fourth-order valence-corrected chi connectivity index (χ4v) is 4.17. The molecule has 2 aromatic carbocycles. The lowest BCUT2D eigenvalue weighted by Gasteiger charge is -2.46. The molecule has 0 spiro atoms. The van der Waals surface area contributed by atoms with Crippen LogP contribution >= 0.6 is 0 Å². The van der Waals surface area contributed by atoms with Crippen molar-refractivity contribution < 1.29 is 9.53 Å². The summed E-state index contributed by atoms with van der Waals surface area (Å²) in [4.78, 5) is 12.3. The normalized spacial score (nSPS) is 18.3. The number of hydrogen-bond donors (Lipinski definition) is 3. The summed E-state index contributed by atoms with van der Waals surface area (Å²) in [7, 11) is 0. The number of carbonyl (C=O) groups excluding carboxylic acids is 1. The van der Waals surface area contributed by atoms with Gasteiger partial charge in [-0.1, -0.05) is 18.2 Å². The number of nitrogens with one attached hydrogen (secondary N) is 3. The first-order valence-corrected chi connectivity index (χ1v) is 9.84. The molecule has 0 saturated carbocycles. The lowest BCUT2D eigenvalue weighted by atomic mass is 9.79. The maximum absolute atomic E-state index is 12.3. The summed E-state index contributed by atoms with van der Waals surface area (Å²) in [5.41, 5.74) is 2.01. The van der Waals surface area contributed by atoms with Gasteiger partial charge in [0.2, 0.25) is 0 Å². The van der Waals surface area contributed by atoms with Crippen LogP contribution in [0.1, 0.15) is 40.5 Å². The van der Waals surface area contributed by atoms with Crippen molar-refractivity contribution in [1.29, 1.82) is 0 Å². The molecule has 3 N–H and O–H groups in total. The van der Waals surface area contributed by atoms with Crippen molar-refractivity contribution in [2.24, 2.45) is 0 Å². The van der Waals surface area contributed by atoms with Gasteiger partial charge in [-0.05, 0) is 76.9 Å². The van der Waals surface area contributed by atoms with Crippen LogP contribution < -0.4 is 20.7 Å². The zero-order chi connectivity index (χ0) is 20.2. The minimum Gasteiger partial charge on any atom is -0.484 e. The van der Waals surface area contributed by atoms with Gasteiger partial charge in [0.05, 0.1) is 0 Å². The molecule has 3 rings (SSSR count). The van der Waals surface area contributed by atoms with E-state index >= 15 is 0 Å². The molecule has 150 valence electrons. The van der Waals surface area contributed by atoms with Crippen LogP contribution in [0.2, 0.25) is 0 Å². The number of para-hydroxylation sites is 1. The Balaban J connectivity index is 1.48. The van der Waals surface area contributed by atoms with Crippen LogP contribution in [0.3, 0.4) is 0 Å². The van der Waals surface area contributed by atoms with Crippen LogP contribution in [-0.2, 0) is 4.79 Å². The van der Waals surface area contributed by atoms with Gasteiger partial charge in [0, 0.05) is 28.5 Å². The summed E-state index contributed by atoms with van der Waals surface area (Å²) >= 11 is 0. The number of amides is 1. The van der Waals surface area contributed by atoms with E-state index in [1.807, 2.05) is 54.6 Å². The van der Waals surface area contributed by atoms with Crippen molar-refractivity contribution in [3.05, 3.63) is 54.6 Å². The summed E-state index contributed by atoms with van der Waals surface area (Å²) < 4.78 is 5.66. The van der Waals surface area contributed by atoms with Crippen molar-refractivity contribution in [2.75, 3.05) is 11.9 Å². The van der Waals surface area contributed by atoms with Crippen LogP contribution in [0.15, 0.2) is 54.6 Å². The Morgan fingerprint density at radius 1 is 0.964 bits per heavy atom. The van der Waals surface area contributed by atoms with E-state index in [-0.39, 0.29) is 29.6 Å². The summed E-state index contributed by atoms with van der Waals surface area (Å²) in [5, 5.41) is 10.1. The molecule has 5 heteroatoms. The average molecular weight is 382 g/mol. The Hall–Kier alpha value is -2.53. The molecule has 1 aliphatic rings. The zero-order valence-electron chi connectivity index (χ0n) is 17.2. The molecule has 0 atom stereocenters. The van der Waals surface area contributed by atoms with E-state index in [1.54, 1.807) is 0 Å². The Morgan fingerprint density at radius 2 is 1.54 bits per heavy atom. The van der Waals surface area contributed by atoms with Crippen LogP contribution in [0.4, 0.5) is 11.4 Å². The van der Waals surface area contributed by atoms with Gasteiger partial charge in [0.25, 0.3) is 5.91 Å². The number of anilines is 2. The first-order chi connectivity index (χ1) is 13.2. The SMILES string of the molecule is CC1(C)CC(NC(=O)COc2ccc(Nc3ccccc3)cc2)CC(C)(C)N1. The summed E-state index contributed by atoms with van der Waals surface area (Å²) in [6.07, 6.45) is 1.81. The zero-order valence-corrected chi connectivity index (χ0v) is 17.2. The highest BCUT2D eigenvalue weighted by Crippen LogP contribution is 2.28. The highest BCUT2D eigenvalue weighted by atomic mass is 16.5. The molecule has 1 fully saturated rings. The number of carbonyl (C=O) groups is 1. The molecule has 2 aromatic rings. The molecule has 1 saturated heterocycles. The predicted molar refractivity (Wildman–Crippen MR) is 114 cm³/mol. The van der Waals surface area contributed by atoms with E-state index in [4.69, 9.17) is 4.74 Å². The first kappa shape index (κ1) is 20.2. The maximum Gasteiger partial charge on any atom is 0.258 e. The summed E-state index contributed by atoms with van der Waals surface area (Å²) in [5.74, 6) is 0.602. The third kappa shape index (κ3) is 5.99. The second kappa shape index (κ2) is 8.23. The number of hydrogen-bond acceptors (Lipinski definition) is 4. The molecule has 5 nitrogen and oxygen atoms in total. The van der Waals surface area contributed by atoms with E-state index in [2.05, 4.69) is 43.6 Å². The fraction of sp³-hybridized carbons (Fsp3) is 0.435. The van der Waals surface area contributed by atoms with Gasteiger partial charge >= 0.3 is 0 Å². The van der Waals surface area contributed by atoms with Crippen molar-refractivity contribution in [3.63, 3.8) is 0 Å². The van der Waals surface area contributed by atoms with Gasteiger partial charge in [0.15, 0.2) is 6.61 Å². The van der Waals surface area contributed by atoms with Gasteiger partial charge in [-0.25, -0.2) is 0 Å². The quantitative estimate of drug-likeness (QED) is 0.701. The standard InChI is InChI=1S/C23H31N3O2/c1-22(2)14-19(15-23(3,4)26-22)25-21(27)16-28-20-12-10-18(11-13-20)24-17-8-6-5-7-9-17/h5-13,19,24,26H,14-16H2,1-4H3,(H,25,27). The van der Waals surface area contributed by atoms with Crippen molar-refractivity contribution in [3.8, 4) is 5.75 Å². The lowest BCUT2D eigenvalue weighted by molar-refractivity contribution is -0.124. The third-order valence-corrected chi connectivity index (χ3v) is 4.84. The van der Waals surface area contributed by atoms with E-state index in [0.717, 1.165) is 24.2 Å². The minimum atomic E-state index is -0.0787. The Morgan fingerprint density at radius 3 is 2.14 bits per heavy atom. The highest BCUT2D eigenvalue weighted by Gasteiger charge is 2.38. The second-order valence-electron chi connectivity index (χ2n) is 8.87. The average Bonchev–Trinajstić information content (AvgIpc) is 2.59. The largest absolute Gasteiger partial charge is 0.484 e. The topological polar surface area (TPSA) is 62.4 Å². The molecule has 0 unspecified atom stereocenters. The van der Waals surface area contributed by atoms with E-state index in [1.165, 1.54) is 0 Å².